The molecule has 2 N–H and O–H groups in total. The van der Waals surface area contributed by atoms with Crippen LogP contribution in [0.2, 0.25) is 0 Å². The SMILES string of the molecule is Cc1ccc(C(=O)NCCSCc2ccco2)cc1NS(C)(=O)=O. The molecule has 0 bridgehead atoms. The Labute approximate surface area is 146 Å². The number of furan rings is 1. The van der Waals surface area contributed by atoms with Crippen LogP contribution in [0, 0.1) is 6.92 Å². The van der Waals surface area contributed by atoms with E-state index in [9.17, 15) is 13.2 Å². The molecule has 0 saturated heterocycles. The van der Waals surface area contributed by atoms with Crippen LogP contribution in [0.15, 0.2) is 41.0 Å². The molecular weight excluding hydrogens is 348 g/mol. The molecule has 1 amide bonds. The minimum Gasteiger partial charge on any atom is -0.468 e. The predicted octanol–water partition coefficient (Wildman–Crippen LogP) is 2.62. The third kappa shape index (κ3) is 5.93. The fraction of sp³-hybridized carbons (Fsp3) is 0.312. The fourth-order valence-electron chi connectivity index (χ4n) is 1.98. The molecule has 24 heavy (non-hydrogen) atoms. The molecule has 0 fully saturated rings. The summed E-state index contributed by atoms with van der Waals surface area (Å²) in [6.45, 7) is 2.30. The van der Waals surface area contributed by atoms with Crippen LogP contribution >= 0.6 is 11.8 Å². The highest BCUT2D eigenvalue weighted by molar-refractivity contribution is 7.98. The summed E-state index contributed by atoms with van der Waals surface area (Å²) in [5, 5.41) is 2.82. The van der Waals surface area contributed by atoms with Gasteiger partial charge in [0.1, 0.15) is 5.76 Å². The molecule has 8 heteroatoms. The van der Waals surface area contributed by atoms with Crippen molar-refractivity contribution >= 4 is 33.4 Å². The standard InChI is InChI=1S/C16H20N2O4S2/c1-12-5-6-13(10-15(12)18-24(2,20)21)16(19)17-7-9-23-11-14-4-3-8-22-14/h3-6,8,10,18H,7,9,11H2,1-2H3,(H,17,19). The van der Waals surface area contributed by atoms with E-state index in [-0.39, 0.29) is 5.91 Å². The molecule has 0 atom stereocenters. The number of thioether (sulfide) groups is 1. The summed E-state index contributed by atoms with van der Waals surface area (Å²) in [6, 6.07) is 8.69. The van der Waals surface area contributed by atoms with Crippen molar-refractivity contribution < 1.29 is 17.6 Å². The fourth-order valence-corrected chi connectivity index (χ4v) is 3.35. The zero-order chi connectivity index (χ0) is 17.6. The molecule has 0 spiro atoms. The number of nitrogens with one attached hydrogen (secondary N) is 2. The first kappa shape index (κ1) is 18.4. The molecule has 130 valence electrons. The number of amides is 1. The van der Waals surface area contributed by atoms with Gasteiger partial charge in [0.05, 0.1) is 24.0 Å². The van der Waals surface area contributed by atoms with Crippen LogP contribution in [-0.4, -0.2) is 32.9 Å². The van der Waals surface area contributed by atoms with Gasteiger partial charge in [-0.25, -0.2) is 8.42 Å². The molecule has 0 radical (unpaired) electrons. The summed E-state index contributed by atoms with van der Waals surface area (Å²) >= 11 is 1.66. The maximum atomic E-state index is 12.1. The van der Waals surface area contributed by atoms with Crippen LogP contribution in [0.1, 0.15) is 21.7 Å². The average molecular weight is 368 g/mol. The van der Waals surface area contributed by atoms with Crippen molar-refractivity contribution in [1.29, 1.82) is 0 Å². The second-order valence-electron chi connectivity index (χ2n) is 5.29. The van der Waals surface area contributed by atoms with E-state index < -0.39 is 10.0 Å². The van der Waals surface area contributed by atoms with Crippen molar-refractivity contribution in [2.75, 3.05) is 23.3 Å². The van der Waals surface area contributed by atoms with Gasteiger partial charge >= 0.3 is 0 Å². The lowest BCUT2D eigenvalue weighted by Crippen LogP contribution is -2.26. The van der Waals surface area contributed by atoms with Gasteiger partial charge in [0.25, 0.3) is 5.91 Å². The molecule has 0 unspecified atom stereocenters. The smallest absolute Gasteiger partial charge is 0.251 e. The Morgan fingerprint density at radius 1 is 1.29 bits per heavy atom. The summed E-state index contributed by atoms with van der Waals surface area (Å²) in [5.41, 5.74) is 1.59. The Morgan fingerprint density at radius 3 is 2.75 bits per heavy atom. The van der Waals surface area contributed by atoms with Crippen LogP contribution in [0.4, 0.5) is 5.69 Å². The van der Waals surface area contributed by atoms with E-state index in [4.69, 9.17) is 4.42 Å². The van der Waals surface area contributed by atoms with Gasteiger partial charge in [-0.05, 0) is 36.8 Å². The van der Waals surface area contributed by atoms with E-state index in [0.29, 0.717) is 17.8 Å². The highest BCUT2D eigenvalue weighted by Gasteiger charge is 2.10. The summed E-state index contributed by atoms with van der Waals surface area (Å²) in [4.78, 5) is 12.1. The molecule has 0 saturated carbocycles. The summed E-state index contributed by atoms with van der Waals surface area (Å²) < 4.78 is 30.4. The minimum absolute atomic E-state index is 0.231. The van der Waals surface area contributed by atoms with E-state index in [1.807, 2.05) is 12.1 Å². The van der Waals surface area contributed by atoms with Gasteiger partial charge in [-0.2, -0.15) is 11.8 Å². The van der Waals surface area contributed by atoms with Crippen LogP contribution in [0.3, 0.4) is 0 Å². The highest BCUT2D eigenvalue weighted by Crippen LogP contribution is 2.18. The van der Waals surface area contributed by atoms with Crippen LogP contribution < -0.4 is 10.0 Å². The monoisotopic (exact) mass is 368 g/mol. The Morgan fingerprint density at radius 2 is 2.08 bits per heavy atom. The normalized spacial score (nSPS) is 11.2. The third-order valence-corrected chi connectivity index (χ3v) is 4.72. The number of carbonyl (C=O) groups is 1. The van der Waals surface area contributed by atoms with Crippen LogP contribution in [-0.2, 0) is 15.8 Å². The maximum Gasteiger partial charge on any atom is 0.251 e. The Hall–Kier alpha value is -1.93. The molecule has 0 aliphatic carbocycles. The Balaban J connectivity index is 1.84. The number of carbonyl (C=O) groups excluding carboxylic acids is 1. The van der Waals surface area contributed by atoms with E-state index in [1.54, 1.807) is 43.1 Å². The molecular formula is C16H20N2O4S2. The summed E-state index contributed by atoms with van der Waals surface area (Å²) in [6.07, 6.45) is 2.71. The van der Waals surface area contributed by atoms with Gasteiger partial charge in [0.15, 0.2) is 0 Å². The minimum atomic E-state index is -3.38. The van der Waals surface area contributed by atoms with Crippen molar-refractivity contribution in [3.63, 3.8) is 0 Å². The van der Waals surface area contributed by atoms with Crippen LogP contribution in [0.5, 0.6) is 0 Å². The number of benzene rings is 1. The van der Waals surface area contributed by atoms with E-state index in [2.05, 4.69) is 10.0 Å². The van der Waals surface area contributed by atoms with E-state index >= 15 is 0 Å². The molecule has 1 aromatic heterocycles. The van der Waals surface area contributed by atoms with Crippen molar-refractivity contribution in [2.24, 2.45) is 0 Å². The van der Waals surface area contributed by atoms with E-state index in [0.717, 1.165) is 29.1 Å². The van der Waals surface area contributed by atoms with Gasteiger partial charge in [0, 0.05) is 17.9 Å². The molecule has 2 rings (SSSR count). The maximum absolute atomic E-state index is 12.1. The van der Waals surface area contributed by atoms with Crippen molar-refractivity contribution in [3.8, 4) is 0 Å². The first-order valence-electron chi connectivity index (χ1n) is 7.32. The second kappa shape index (κ2) is 8.25. The lowest BCUT2D eigenvalue weighted by atomic mass is 10.1. The summed E-state index contributed by atoms with van der Waals surface area (Å²) in [7, 11) is -3.38. The average Bonchev–Trinajstić information content (AvgIpc) is 3.01. The molecule has 1 heterocycles. The van der Waals surface area contributed by atoms with Crippen molar-refractivity contribution in [3.05, 3.63) is 53.5 Å². The third-order valence-electron chi connectivity index (χ3n) is 3.15. The first-order chi connectivity index (χ1) is 11.3. The summed E-state index contributed by atoms with van der Waals surface area (Å²) in [5.74, 6) is 2.19. The number of hydrogen-bond acceptors (Lipinski definition) is 5. The number of aryl methyl sites for hydroxylation is 1. The van der Waals surface area contributed by atoms with Crippen molar-refractivity contribution in [1.82, 2.24) is 5.32 Å². The predicted molar refractivity (Wildman–Crippen MR) is 96.8 cm³/mol. The van der Waals surface area contributed by atoms with Gasteiger partial charge in [-0.15, -0.1) is 0 Å². The Kier molecular flexibility index (Phi) is 6.33. The lowest BCUT2D eigenvalue weighted by molar-refractivity contribution is 0.0956. The first-order valence-corrected chi connectivity index (χ1v) is 10.4. The zero-order valence-corrected chi connectivity index (χ0v) is 15.2. The molecule has 1 aromatic carbocycles. The van der Waals surface area contributed by atoms with Gasteiger partial charge < -0.3 is 9.73 Å². The number of anilines is 1. The Bertz CT molecular complexity index is 786. The van der Waals surface area contributed by atoms with Gasteiger partial charge in [-0.1, -0.05) is 6.07 Å². The lowest BCUT2D eigenvalue weighted by Gasteiger charge is -2.10. The topological polar surface area (TPSA) is 88.4 Å². The van der Waals surface area contributed by atoms with Gasteiger partial charge in [-0.3, -0.25) is 9.52 Å². The number of sulfonamides is 1. The van der Waals surface area contributed by atoms with Gasteiger partial charge in [0.2, 0.25) is 10.0 Å². The molecule has 2 aromatic rings. The van der Waals surface area contributed by atoms with E-state index in [1.165, 1.54) is 0 Å². The molecule has 6 nitrogen and oxygen atoms in total. The highest BCUT2D eigenvalue weighted by atomic mass is 32.2. The van der Waals surface area contributed by atoms with Crippen LogP contribution in [0.25, 0.3) is 0 Å². The number of hydrogen-bond donors (Lipinski definition) is 2. The molecule has 0 aliphatic rings. The molecule has 0 aliphatic heterocycles. The van der Waals surface area contributed by atoms with Crippen molar-refractivity contribution in [2.45, 2.75) is 12.7 Å². The number of rotatable bonds is 8. The largest absolute Gasteiger partial charge is 0.468 e. The zero-order valence-electron chi connectivity index (χ0n) is 13.5. The second-order valence-corrected chi connectivity index (χ2v) is 8.15. The quantitative estimate of drug-likeness (QED) is 0.699.